The molecule has 0 aliphatic rings. The van der Waals surface area contributed by atoms with Crippen molar-refractivity contribution in [3.05, 3.63) is 54.1 Å². The first kappa shape index (κ1) is 24.2. The molecule has 0 heterocycles. The molecular weight excluding hydrogens is 400 g/mol. The molecule has 2 aromatic rings. The molecule has 31 heavy (non-hydrogen) atoms. The van der Waals surface area contributed by atoms with Gasteiger partial charge in [0, 0.05) is 32.3 Å². The van der Waals surface area contributed by atoms with Gasteiger partial charge in [0.2, 0.25) is 0 Å². The van der Waals surface area contributed by atoms with E-state index < -0.39 is 0 Å². The smallest absolute Gasteiger partial charge is 0.305 e. The molecule has 0 bridgehead atoms. The molecule has 0 spiro atoms. The van der Waals surface area contributed by atoms with Gasteiger partial charge >= 0.3 is 5.97 Å². The van der Waals surface area contributed by atoms with E-state index in [9.17, 15) is 4.79 Å². The lowest BCUT2D eigenvalue weighted by molar-refractivity contribution is -0.140. The molecule has 0 aliphatic carbocycles. The number of carbonyl (C=O) groups is 1. The predicted octanol–water partition coefficient (Wildman–Crippen LogP) is 4.43. The van der Waals surface area contributed by atoms with Gasteiger partial charge in [-0.25, -0.2) is 0 Å². The fourth-order valence-corrected chi connectivity index (χ4v) is 3.21. The molecule has 7 heteroatoms. The maximum Gasteiger partial charge on any atom is 0.305 e. The number of methoxy groups -OCH3 is 3. The zero-order chi connectivity index (χ0) is 22.6. The van der Waals surface area contributed by atoms with Crippen molar-refractivity contribution >= 4 is 11.7 Å². The average Bonchev–Trinajstić information content (AvgIpc) is 2.79. The maximum absolute atomic E-state index is 12.0. The number of carbonyl (C=O) groups excluding carboxylic acids is 1. The van der Waals surface area contributed by atoms with Crippen molar-refractivity contribution in [3.63, 3.8) is 0 Å². The Labute approximate surface area is 183 Å². The Morgan fingerprint density at radius 3 is 2.19 bits per heavy atom. The molecule has 168 valence electrons. The van der Waals surface area contributed by atoms with Crippen molar-refractivity contribution in [3.8, 4) is 22.6 Å². The first-order chi connectivity index (χ1) is 15.1. The van der Waals surface area contributed by atoms with E-state index in [4.69, 9.17) is 28.4 Å². The Balaban J connectivity index is 2.78. The fourth-order valence-electron chi connectivity index (χ4n) is 3.21. The summed E-state index contributed by atoms with van der Waals surface area (Å²) in [6.45, 7) is 6.48. The standard InChI is InChI=1S/C24H30O7/c1-6-29-17(2)23-19(12-13-22(25)28-5)24(18-10-8-7-9-11-18)21(31-16-27-4)14-20(23)30-15-26-3/h7-11,14H,2,6,12-13,15-16H2,1,3-5H3. The second-order valence-electron chi connectivity index (χ2n) is 6.50. The third-order valence-electron chi connectivity index (χ3n) is 4.49. The highest BCUT2D eigenvalue weighted by Crippen LogP contribution is 2.44. The SMILES string of the molecule is C=C(OCC)c1c(OCOC)cc(OCOC)c(-c2ccccc2)c1CCC(=O)OC. The summed E-state index contributed by atoms with van der Waals surface area (Å²) < 4.78 is 32.6. The first-order valence-electron chi connectivity index (χ1n) is 9.94. The van der Waals surface area contributed by atoms with Gasteiger partial charge in [-0.15, -0.1) is 0 Å². The van der Waals surface area contributed by atoms with Crippen molar-refractivity contribution < 1.29 is 33.2 Å². The number of benzene rings is 2. The number of ether oxygens (including phenoxy) is 6. The van der Waals surface area contributed by atoms with E-state index in [-0.39, 0.29) is 26.0 Å². The summed E-state index contributed by atoms with van der Waals surface area (Å²) in [5, 5.41) is 0. The van der Waals surface area contributed by atoms with Crippen LogP contribution in [0.4, 0.5) is 0 Å². The van der Waals surface area contributed by atoms with Gasteiger partial charge in [0.25, 0.3) is 0 Å². The van der Waals surface area contributed by atoms with Gasteiger partial charge in [0.05, 0.1) is 19.3 Å². The third kappa shape index (κ3) is 6.47. The van der Waals surface area contributed by atoms with E-state index in [1.807, 2.05) is 37.3 Å². The van der Waals surface area contributed by atoms with Crippen LogP contribution in [-0.2, 0) is 30.2 Å². The van der Waals surface area contributed by atoms with Gasteiger partial charge in [-0.2, -0.15) is 0 Å². The van der Waals surface area contributed by atoms with Gasteiger partial charge in [0.1, 0.15) is 17.3 Å². The average molecular weight is 430 g/mol. The molecule has 0 unspecified atom stereocenters. The Hall–Kier alpha value is -3.03. The summed E-state index contributed by atoms with van der Waals surface area (Å²) in [6.07, 6.45) is 0.534. The lowest BCUT2D eigenvalue weighted by Crippen LogP contribution is -2.11. The van der Waals surface area contributed by atoms with Gasteiger partial charge in [0.15, 0.2) is 13.6 Å². The number of esters is 1. The van der Waals surface area contributed by atoms with E-state index in [0.29, 0.717) is 35.8 Å². The molecule has 0 aliphatic heterocycles. The zero-order valence-corrected chi connectivity index (χ0v) is 18.6. The normalized spacial score (nSPS) is 10.5. The van der Waals surface area contributed by atoms with Gasteiger partial charge in [-0.3, -0.25) is 4.79 Å². The monoisotopic (exact) mass is 430 g/mol. The van der Waals surface area contributed by atoms with Crippen LogP contribution in [0.2, 0.25) is 0 Å². The van der Waals surface area contributed by atoms with Crippen LogP contribution in [0.1, 0.15) is 24.5 Å². The van der Waals surface area contributed by atoms with Crippen LogP contribution >= 0.6 is 0 Å². The Morgan fingerprint density at radius 2 is 1.61 bits per heavy atom. The van der Waals surface area contributed by atoms with Gasteiger partial charge in [-0.05, 0) is 24.5 Å². The largest absolute Gasteiger partial charge is 0.494 e. The molecule has 0 atom stereocenters. The lowest BCUT2D eigenvalue weighted by atomic mass is 9.90. The highest BCUT2D eigenvalue weighted by atomic mass is 16.7. The number of rotatable bonds is 13. The molecule has 0 aromatic heterocycles. The number of hydrogen-bond acceptors (Lipinski definition) is 7. The molecular formula is C24H30O7. The maximum atomic E-state index is 12.0. The van der Waals surface area contributed by atoms with E-state index in [1.54, 1.807) is 13.2 Å². The Bertz CT molecular complexity index is 862. The summed E-state index contributed by atoms with van der Waals surface area (Å²) in [4.78, 5) is 12.0. The first-order valence-corrected chi connectivity index (χ1v) is 9.94. The summed E-state index contributed by atoms with van der Waals surface area (Å²) in [6, 6.07) is 11.5. The van der Waals surface area contributed by atoms with Crippen molar-refractivity contribution in [2.45, 2.75) is 19.8 Å². The molecule has 0 saturated carbocycles. The molecule has 0 amide bonds. The minimum Gasteiger partial charge on any atom is -0.494 e. The van der Waals surface area contributed by atoms with Gasteiger partial charge in [-0.1, -0.05) is 36.9 Å². The molecule has 0 fully saturated rings. The predicted molar refractivity (Wildman–Crippen MR) is 118 cm³/mol. The molecule has 0 radical (unpaired) electrons. The quantitative estimate of drug-likeness (QED) is 0.264. The van der Waals surface area contributed by atoms with Crippen molar-refractivity contribution in [1.82, 2.24) is 0 Å². The minimum absolute atomic E-state index is 0.0250. The second kappa shape index (κ2) is 12.6. The van der Waals surface area contributed by atoms with Crippen LogP contribution in [0.15, 0.2) is 43.0 Å². The zero-order valence-electron chi connectivity index (χ0n) is 18.6. The highest BCUT2D eigenvalue weighted by molar-refractivity contribution is 5.84. The minimum atomic E-state index is -0.324. The van der Waals surface area contributed by atoms with Crippen LogP contribution < -0.4 is 9.47 Å². The van der Waals surface area contributed by atoms with Crippen molar-refractivity contribution in [1.29, 1.82) is 0 Å². The van der Waals surface area contributed by atoms with Crippen LogP contribution in [-0.4, -0.2) is 47.5 Å². The molecule has 0 saturated heterocycles. The van der Waals surface area contributed by atoms with Crippen LogP contribution in [0.25, 0.3) is 16.9 Å². The lowest BCUT2D eigenvalue weighted by Gasteiger charge is -2.23. The van der Waals surface area contributed by atoms with Crippen molar-refractivity contribution in [2.24, 2.45) is 0 Å². The van der Waals surface area contributed by atoms with Crippen LogP contribution in [0.5, 0.6) is 11.5 Å². The van der Waals surface area contributed by atoms with E-state index >= 15 is 0 Å². The number of hydrogen-bond donors (Lipinski definition) is 0. The summed E-state index contributed by atoms with van der Waals surface area (Å²) in [5.41, 5.74) is 3.18. The Morgan fingerprint density at radius 1 is 0.968 bits per heavy atom. The Kier molecular flexibility index (Phi) is 9.87. The molecule has 2 aromatic carbocycles. The highest BCUT2D eigenvalue weighted by Gasteiger charge is 2.24. The second-order valence-corrected chi connectivity index (χ2v) is 6.50. The topological polar surface area (TPSA) is 72.5 Å². The van der Waals surface area contributed by atoms with E-state index in [1.165, 1.54) is 14.2 Å². The third-order valence-corrected chi connectivity index (χ3v) is 4.49. The van der Waals surface area contributed by atoms with Crippen LogP contribution in [0, 0.1) is 0 Å². The van der Waals surface area contributed by atoms with Crippen LogP contribution in [0.3, 0.4) is 0 Å². The summed E-state index contributed by atoms with van der Waals surface area (Å²) in [5.74, 6) is 1.14. The van der Waals surface area contributed by atoms with E-state index in [2.05, 4.69) is 6.58 Å². The van der Waals surface area contributed by atoms with Gasteiger partial charge < -0.3 is 28.4 Å². The summed E-state index contributed by atoms with van der Waals surface area (Å²) in [7, 11) is 4.45. The molecule has 2 rings (SSSR count). The molecule has 7 nitrogen and oxygen atoms in total. The fraction of sp³-hybridized carbons (Fsp3) is 0.375. The summed E-state index contributed by atoms with van der Waals surface area (Å²) >= 11 is 0. The molecule has 0 N–H and O–H groups in total. The van der Waals surface area contributed by atoms with E-state index in [0.717, 1.165) is 16.7 Å². The van der Waals surface area contributed by atoms with Crippen molar-refractivity contribution in [2.75, 3.05) is 41.5 Å².